The van der Waals surface area contributed by atoms with Gasteiger partial charge in [0.05, 0.1) is 16.2 Å². The zero-order valence-corrected chi connectivity index (χ0v) is 24.3. The molecule has 11 heteroatoms. The van der Waals surface area contributed by atoms with Crippen molar-refractivity contribution in [2.24, 2.45) is 11.3 Å². The molecular weight excluding hydrogens is 532 g/mol. The van der Waals surface area contributed by atoms with E-state index in [9.17, 15) is 18.5 Å². The van der Waals surface area contributed by atoms with Gasteiger partial charge in [-0.25, -0.2) is 28.1 Å². The van der Waals surface area contributed by atoms with Crippen LogP contribution in [0.25, 0.3) is 0 Å². The summed E-state index contributed by atoms with van der Waals surface area (Å²) >= 11 is 1.22. The van der Waals surface area contributed by atoms with Gasteiger partial charge in [-0.2, -0.15) is 5.26 Å². The van der Waals surface area contributed by atoms with Crippen LogP contribution in [0.3, 0.4) is 0 Å². The first-order valence-electron chi connectivity index (χ1n) is 12.6. The summed E-state index contributed by atoms with van der Waals surface area (Å²) in [5, 5.41) is 13.0. The fraction of sp³-hybridized carbons (Fsp3) is 0.393. The topological polar surface area (TPSA) is 138 Å². The van der Waals surface area contributed by atoms with Crippen LogP contribution >= 0.6 is 11.8 Å². The van der Waals surface area contributed by atoms with E-state index in [2.05, 4.69) is 46.8 Å². The lowest BCUT2D eigenvalue weighted by molar-refractivity contribution is -0.113. The predicted octanol–water partition coefficient (Wildman–Crippen LogP) is 5.04. The highest BCUT2D eigenvalue weighted by atomic mass is 32.2. The number of fused-ring (bicyclic) bond motifs is 1. The summed E-state index contributed by atoms with van der Waals surface area (Å²) in [7, 11) is -3.90. The Morgan fingerprint density at radius 2 is 1.77 bits per heavy atom. The van der Waals surface area contributed by atoms with Gasteiger partial charge in [-0.15, -0.1) is 0 Å². The molecule has 0 bridgehead atoms. The number of carbonyl (C=O) groups is 1. The number of pyridine rings is 1. The lowest BCUT2D eigenvalue weighted by atomic mass is 9.71. The van der Waals surface area contributed by atoms with E-state index in [0.29, 0.717) is 33.6 Å². The number of hydrogen-bond donors (Lipinski definition) is 2. The lowest BCUT2D eigenvalue weighted by Crippen LogP contribution is -2.27. The Bertz CT molecular complexity index is 1520. The highest BCUT2D eigenvalue weighted by Gasteiger charge is 2.30. The third-order valence-corrected chi connectivity index (χ3v) is 9.03. The number of carbonyl (C=O) groups excluding carboxylic acids is 1. The smallest absolute Gasteiger partial charge is 0.264 e. The number of thioether (sulfide) groups is 1. The van der Waals surface area contributed by atoms with Crippen molar-refractivity contribution in [2.75, 3.05) is 15.8 Å². The summed E-state index contributed by atoms with van der Waals surface area (Å²) in [6.45, 7) is 10.2. The summed E-state index contributed by atoms with van der Waals surface area (Å²) in [5.74, 6) is 0.327. The average Bonchev–Trinajstić information content (AvgIpc) is 2.85. The Balaban J connectivity index is 1.38. The summed E-state index contributed by atoms with van der Waals surface area (Å²) in [6, 6.07) is 11.7. The SMILES string of the molecule is Cc1cc(C)nc(NS(=O)(=O)c2ccc(NC(=O)CSc3nc4c(cc3C#N)CC(C(C)(C)C)CC4)cc2)n1. The molecule has 0 fully saturated rings. The number of aromatic nitrogens is 3. The minimum Gasteiger partial charge on any atom is -0.325 e. The maximum absolute atomic E-state index is 12.7. The molecule has 4 rings (SSSR count). The number of nitriles is 1. The second kappa shape index (κ2) is 11.3. The molecule has 1 aromatic carbocycles. The second-order valence-corrected chi connectivity index (χ2v) is 13.5. The lowest BCUT2D eigenvalue weighted by Gasteiger charge is -2.34. The van der Waals surface area contributed by atoms with Crippen molar-refractivity contribution in [3.8, 4) is 6.07 Å². The number of benzene rings is 1. The van der Waals surface area contributed by atoms with E-state index in [1.54, 1.807) is 19.9 Å². The van der Waals surface area contributed by atoms with Crippen LogP contribution in [0.15, 0.2) is 46.3 Å². The molecule has 1 aliphatic carbocycles. The molecule has 9 nitrogen and oxygen atoms in total. The molecule has 2 N–H and O–H groups in total. The van der Waals surface area contributed by atoms with E-state index in [-0.39, 0.29) is 27.9 Å². The predicted molar refractivity (Wildman–Crippen MR) is 152 cm³/mol. The number of anilines is 2. The highest BCUT2D eigenvalue weighted by molar-refractivity contribution is 8.00. The minimum absolute atomic E-state index is 0.00319. The van der Waals surface area contributed by atoms with Gasteiger partial charge in [0.1, 0.15) is 11.1 Å². The third kappa shape index (κ3) is 7.13. The van der Waals surface area contributed by atoms with E-state index >= 15 is 0 Å². The molecule has 1 amide bonds. The van der Waals surface area contributed by atoms with Crippen LogP contribution in [0, 0.1) is 36.5 Å². The van der Waals surface area contributed by atoms with E-state index in [0.717, 1.165) is 30.5 Å². The molecule has 1 aliphatic rings. The van der Waals surface area contributed by atoms with Crippen LogP contribution in [-0.2, 0) is 27.7 Å². The Morgan fingerprint density at radius 3 is 2.38 bits per heavy atom. The fourth-order valence-corrected chi connectivity index (χ4v) is 6.29. The maximum atomic E-state index is 12.7. The fourth-order valence-electron chi connectivity index (χ4n) is 4.57. The average molecular weight is 565 g/mol. The summed E-state index contributed by atoms with van der Waals surface area (Å²) in [4.78, 5) is 25.6. The Labute approximate surface area is 233 Å². The number of amides is 1. The number of aryl methyl sites for hydroxylation is 3. The standard InChI is InChI=1S/C28H32N6O3S2/c1-17-12-18(2)31-27(30-17)34-39(36,37)23-9-7-22(8-10-23)32-25(35)16-38-26-20(15-29)13-19-14-21(28(3,4)5)6-11-24(19)33-26/h7-10,12-13,21H,6,11,14,16H2,1-5H3,(H,32,35)(H,30,31,34). The zero-order chi connectivity index (χ0) is 28.4. The molecule has 39 heavy (non-hydrogen) atoms. The molecule has 2 aromatic heterocycles. The Morgan fingerprint density at radius 1 is 1.10 bits per heavy atom. The molecule has 1 atom stereocenters. The van der Waals surface area contributed by atoms with Crippen molar-refractivity contribution in [2.45, 2.75) is 63.8 Å². The summed E-state index contributed by atoms with van der Waals surface area (Å²) in [6.07, 6.45) is 2.83. The van der Waals surface area contributed by atoms with E-state index in [1.165, 1.54) is 36.0 Å². The van der Waals surface area contributed by atoms with E-state index < -0.39 is 10.0 Å². The number of nitrogens with zero attached hydrogens (tertiary/aromatic N) is 4. The first-order valence-corrected chi connectivity index (χ1v) is 15.1. The van der Waals surface area contributed by atoms with Gasteiger partial charge >= 0.3 is 0 Å². The van der Waals surface area contributed by atoms with Crippen molar-refractivity contribution in [3.05, 3.63) is 64.6 Å². The molecule has 0 saturated carbocycles. The van der Waals surface area contributed by atoms with Crippen molar-refractivity contribution in [1.82, 2.24) is 15.0 Å². The number of sulfonamides is 1. The van der Waals surface area contributed by atoms with Crippen LogP contribution in [-0.4, -0.2) is 35.0 Å². The second-order valence-electron chi connectivity index (χ2n) is 10.8. The van der Waals surface area contributed by atoms with Gasteiger partial charge in [0, 0.05) is 22.8 Å². The Kier molecular flexibility index (Phi) is 8.28. The molecule has 1 unspecified atom stereocenters. The Hall–Kier alpha value is -3.49. The monoisotopic (exact) mass is 564 g/mol. The summed E-state index contributed by atoms with van der Waals surface area (Å²) in [5.41, 5.74) is 4.57. The van der Waals surface area contributed by atoms with E-state index in [4.69, 9.17) is 4.98 Å². The van der Waals surface area contributed by atoms with Gasteiger partial charge in [-0.1, -0.05) is 32.5 Å². The van der Waals surface area contributed by atoms with Gasteiger partial charge in [-0.05, 0) is 86.4 Å². The van der Waals surface area contributed by atoms with Gasteiger partial charge in [0.15, 0.2) is 0 Å². The largest absolute Gasteiger partial charge is 0.325 e. The van der Waals surface area contributed by atoms with Gasteiger partial charge < -0.3 is 5.32 Å². The molecule has 0 saturated heterocycles. The maximum Gasteiger partial charge on any atom is 0.264 e. The number of nitrogens with one attached hydrogen (secondary N) is 2. The van der Waals surface area contributed by atoms with Crippen LogP contribution in [0.2, 0.25) is 0 Å². The van der Waals surface area contributed by atoms with Crippen LogP contribution in [0.5, 0.6) is 0 Å². The van der Waals surface area contributed by atoms with Crippen molar-refractivity contribution in [3.63, 3.8) is 0 Å². The first kappa shape index (κ1) is 28.5. The van der Waals surface area contributed by atoms with Crippen molar-refractivity contribution >= 4 is 39.3 Å². The molecular formula is C28H32N6O3S2. The van der Waals surface area contributed by atoms with Gasteiger partial charge in [0.25, 0.3) is 10.0 Å². The van der Waals surface area contributed by atoms with Crippen molar-refractivity contribution in [1.29, 1.82) is 5.26 Å². The minimum atomic E-state index is -3.90. The summed E-state index contributed by atoms with van der Waals surface area (Å²) < 4.78 is 27.8. The van der Waals surface area contributed by atoms with Crippen LogP contribution < -0.4 is 10.0 Å². The van der Waals surface area contributed by atoms with Gasteiger partial charge in [0.2, 0.25) is 11.9 Å². The number of rotatable bonds is 7. The first-order chi connectivity index (χ1) is 18.3. The van der Waals surface area contributed by atoms with Crippen LogP contribution in [0.1, 0.15) is 55.4 Å². The van der Waals surface area contributed by atoms with Gasteiger partial charge in [-0.3, -0.25) is 4.79 Å². The molecule has 0 aliphatic heterocycles. The molecule has 204 valence electrons. The molecule has 0 spiro atoms. The highest BCUT2D eigenvalue weighted by Crippen LogP contribution is 2.38. The third-order valence-electron chi connectivity index (χ3n) is 6.69. The van der Waals surface area contributed by atoms with Crippen molar-refractivity contribution < 1.29 is 13.2 Å². The number of hydrogen-bond acceptors (Lipinski definition) is 8. The molecule has 3 aromatic rings. The zero-order valence-electron chi connectivity index (χ0n) is 22.7. The van der Waals surface area contributed by atoms with E-state index in [1.807, 2.05) is 6.07 Å². The van der Waals surface area contributed by atoms with Crippen LogP contribution in [0.4, 0.5) is 11.6 Å². The normalized spacial score (nSPS) is 15.2. The quantitative estimate of drug-likeness (QED) is 0.381. The molecule has 0 radical (unpaired) electrons. The molecule has 2 heterocycles.